The molecule has 2 aromatic carbocycles. The minimum absolute atomic E-state index is 0.316. The SMILES string of the molecule is Cn1cnc(-c2ccc(NC(=O)c3cccc(OCC(=O)O)c3)cc2)n1. The van der Waals surface area contributed by atoms with E-state index in [1.807, 2.05) is 12.1 Å². The van der Waals surface area contributed by atoms with Crippen molar-refractivity contribution in [1.82, 2.24) is 14.8 Å². The van der Waals surface area contributed by atoms with Gasteiger partial charge in [0.05, 0.1) is 0 Å². The zero-order valence-corrected chi connectivity index (χ0v) is 13.9. The van der Waals surface area contributed by atoms with Gasteiger partial charge in [-0.3, -0.25) is 9.48 Å². The minimum atomic E-state index is -1.08. The summed E-state index contributed by atoms with van der Waals surface area (Å²) >= 11 is 0. The van der Waals surface area contributed by atoms with Crippen LogP contribution in [0.2, 0.25) is 0 Å². The summed E-state index contributed by atoms with van der Waals surface area (Å²) < 4.78 is 6.70. The van der Waals surface area contributed by atoms with E-state index in [0.29, 0.717) is 22.8 Å². The highest BCUT2D eigenvalue weighted by Crippen LogP contribution is 2.19. The molecule has 0 radical (unpaired) electrons. The maximum absolute atomic E-state index is 12.4. The van der Waals surface area contributed by atoms with Crippen molar-refractivity contribution in [1.29, 1.82) is 0 Å². The Labute approximate surface area is 149 Å². The summed E-state index contributed by atoms with van der Waals surface area (Å²) in [5.74, 6) is -0.484. The molecule has 0 aliphatic carbocycles. The van der Waals surface area contributed by atoms with Crippen molar-refractivity contribution in [3.63, 3.8) is 0 Å². The lowest BCUT2D eigenvalue weighted by molar-refractivity contribution is -0.139. The molecule has 0 bridgehead atoms. The number of hydrogen-bond acceptors (Lipinski definition) is 5. The Kier molecular flexibility index (Phi) is 4.93. The van der Waals surface area contributed by atoms with Crippen LogP contribution in [-0.4, -0.2) is 38.4 Å². The van der Waals surface area contributed by atoms with Crippen LogP contribution in [0.5, 0.6) is 5.75 Å². The van der Waals surface area contributed by atoms with Gasteiger partial charge in [-0.15, -0.1) is 0 Å². The van der Waals surface area contributed by atoms with Gasteiger partial charge in [-0.25, -0.2) is 9.78 Å². The molecule has 0 unspecified atom stereocenters. The number of hydrogen-bond donors (Lipinski definition) is 2. The van der Waals surface area contributed by atoms with Crippen molar-refractivity contribution < 1.29 is 19.4 Å². The highest BCUT2D eigenvalue weighted by Gasteiger charge is 2.09. The summed E-state index contributed by atoms with van der Waals surface area (Å²) in [5.41, 5.74) is 1.82. The first-order chi connectivity index (χ1) is 12.5. The molecule has 132 valence electrons. The van der Waals surface area contributed by atoms with E-state index >= 15 is 0 Å². The number of nitrogens with zero attached hydrogens (tertiary/aromatic N) is 3. The number of nitrogens with one attached hydrogen (secondary N) is 1. The number of anilines is 1. The standard InChI is InChI=1S/C18H16N4O4/c1-22-11-19-17(21-22)12-5-7-14(8-6-12)20-18(25)13-3-2-4-15(9-13)26-10-16(23)24/h2-9,11H,10H2,1H3,(H,20,25)(H,23,24). The molecule has 0 spiro atoms. The number of carboxylic acid groups (broad SMARTS) is 1. The van der Waals surface area contributed by atoms with Crippen LogP contribution in [0, 0.1) is 0 Å². The molecule has 3 aromatic rings. The van der Waals surface area contributed by atoms with Gasteiger partial charge in [0.2, 0.25) is 0 Å². The van der Waals surface area contributed by atoms with Crippen LogP contribution < -0.4 is 10.1 Å². The van der Waals surface area contributed by atoms with E-state index in [1.165, 1.54) is 6.07 Å². The number of aromatic nitrogens is 3. The number of carbonyl (C=O) groups is 2. The molecule has 1 amide bonds. The normalized spacial score (nSPS) is 10.3. The first-order valence-electron chi connectivity index (χ1n) is 7.73. The molecule has 0 saturated carbocycles. The van der Waals surface area contributed by atoms with Crippen LogP contribution in [0.4, 0.5) is 5.69 Å². The van der Waals surface area contributed by atoms with Gasteiger partial charge in [0.25, 0.3) is 5.91 Å². The van der Waals surface area contributed by atoms with E-state index in [1.54, 1.807) is 48.4 Å². The molecule has 0 atom stereocenters. The number of ether oxygens (including phenoxy) is 1. The third kappa shape index (κ3) is 4.23. The van der Waals surface area contributed by atoms with Gasteiger partial charge in [0.15, 0.2) is 12.4 Å². The van der Waals surface area contributed by atoms with Crippen LogP contribution >= 0.6 is 0 Å². The fourth-order valence-electron chi connectivity index (χ4n) is 2.25. The van der Waals surface area contributed by atoms with Gasteiger partial charge in [-0.2, -0.15) is 5.10 Å². The number of benzene rings is 2. The van der Waals surface area contributed by atoms with E-state index < -0.39 is 12.6 Å². The lowest BCUT2D eigenvalue weighted by Crippen LogP contribution is -2.13. The Morgan fingerprint density at radius 1 is 1.19 bits per heavy atom. The van der Waals surface area contributed by atoms with E-state index in [0.717, 1.165) is 5.56 Å². The van der Waals surface area contributed by atoms with Crippen molar-refractivity contribution in [3.8, 4) is 17.1 Å². The summed E-state index contributed by atoms with van der Waals surface area (Å²) in [6.07, 6.45) is 1.62. The van der Waals surface area contributed by atoms with Gasteiger partial charge in [0.1, 0.15) is 12.1 Å². The van der Waals surface area contributed by atoms with Crippen molar-refractivity contribution in [2.45, 2.75) is 0 Å². The minimum Gasteiger partial charge on any atom is -0.482 e. The Hall–Kier alpha value is -3.68. The second-order valence-corrected chi connectivity index (χ2v) is 5.48. The monoisotopic (exact) mass is 352 g/mol. The number of aliphatic carboxylic acids is 1. The zero-order valence-electron chi connectivity index (χ0n) is 13.9. The maximum Gasteiger partial charge on any atom is 0.341 e. The Morgan fingerprint density at radius 3 is 2.62 bits per heavy atom. The van der Waals surface area contributed by atoms with Crippen LogP contribution in [0.1, 0.15) is 10.4 Å². The first kappa shape index (κ1) is 17.2. The van der Waals surface area contributed by atoms with Gasteiger partial charge in [-0.05, 0) is 42.5 Å². The average molecular weight is 352 g/mol. The Balaban J connectivity index is 1.68. The molecular weight excluding hydrogens is 336 g/mol. The number of aryl methyl sites for hydroxylation is 1. The van der Waals surface area contributed by atoms with E-state index in [4.69, 9.17) is 9.84 Å². The van der Waals surface area contributed by atoms with E-state index in [-0.39, 0.29) is 5.91 Å². The lowest BCUT2D eigenvalue weighted by Gasteiger charge is -2.08. The fourth-order valence-corrected chi connectivity index (χ4v) is 2.25. The summed E-state index contributed by atoms with van der Waals surface area (Å²) in [6, 6.07) is 13.5. The number of carboxylic acids is 1. The second-order valence-electron chi connectivity index (χ2n) is 5.48. The Bertz CT molecular complexity index is 934. The molecule has 1 aromatic heterocycles. The molecule has 0 aliphatic rings. The molecule has 0 fully saturated rings. The molecule has 8 nitrogen and oxygen atoms in total. The molecule has 1 heterocycles. The maximum atomic E-state index is 12.4. The molecule has 26 heavy (non-hydrogen) atoms. The lowest BCUT2D eigenvalue weighted by atomic mass is 10.1. The Morgan fingerprint density at radius 2 is 1.96 bits per heavy atom. The highest BCUT2D eigenvalue weighted by molar-refractivity contribution is 6.04. The topological polar surface area (TPSA) is 106 Å². The summed E-state index contributed by atoms with van der Waals surface area (Å²) in [4.78, 5) is 27.1. The van der Waals surface area contributed by atoms with Gasteiger partial charge < -0.3 is 15.2 Å². The summed E-state index contributed by atoms with van der Waals surface area (Å²) in [6.45, 7) is -0.464. The molecular formula is C18H16N4O4. The third-order valence-corrected chi connectivity index (χ3v) is 3.46. The predicted octanol–water partition coefficient (Wildman–Crippen LogP) is 2.20. The van der Waals surface area contributed by atoms with Crippen molar-refractivity contribution in [3.05, 3.63) is 60.4 Å². The summed E-state index contributed by atoms with van der Waals surface area (Å²) in [7, 11) is 1.79. The molecule has 0 saturated heterocycles. The van der Waals surface area contributed by atoms with Crippen molar-refractivity contribution >= 4 is 17.6 Å². The molecule has 8 heteroatoms. The molecule has 0 aliphatic heterocycles. The number of carbonyl (C=O) groups excluding carboxylic acids is 1. The van der Waals surface area contributed by atoms with Crippen LogP contribution in [-0.2, 0) is 11.8 Å². The third-order valence-electron chi connectivity index (χ3n) is 3.46. The van der Waals surface area contributed by atoms with Gasteiger partial charge >= 0.3 is 5.97 Å². The van der Waals surface area contributed by atoms with Crippen LogP contribution in [0.25, 0.3) is 11.4 Å². The average Bonchev–Trinajstić information content (AvgIpc) is 3.07. The van der Waals surface area contributed by atoms with Crippen molar-refractivity contribution in [2.24, 2.45) is 7.05 Å². The van der Waals surface area contributed by atoms with Gasteiger partial charge in [0, 0.05) is 23.9 Å². The largest absolute Gasteiger partial charge is 0.482 e. The number of amides is 1. The number of rotatable bonds is 6. The highest BCUT2D eigenvalue weighted by atomic mass is 16.5. The zero-order chi connectivity index (χ0) is 18.5. The second kappa shape index (κ2) is 7.47. The van der Waals surface area contributed by atoms with Crippen LogP contribution in [0.15, 0.2) is 54.9 Å². The van der Waals surface area contributed by atoms with Crippen LogP contribution in [0.3, 0.4) is 0 Å². The van der Waals surface area contributed by atoms with E-state index in [9.17, 15) is 9.59 Å². The summed E-state index contributed by atoms with van der Waals surface area (Å²) in [5, 5.41) is 15.6. The van der Waals surface area contributed by atoms with E-state index in [2.05, 4.69) is 15.4 Å². The molecule has 3 rings (SSSR count). The quantitative estimate of drug-likeness (QED) is 0.704. The fraction of sp³-hybridized carbons (Fsp3) is 0.111. The van der Waals surface area contributed by atoms with Crippen molar-refractivity contribution in [2.75, 3.05) is 11.9 Å². The predicted molar refractivity (Wildman–Crippen MR) is 94.0 cm³/mol. The first-order valence-corrected chi connectivity index (χ1v) is 7.73. The smallest absolute Gasteiger partial charge is 0.341 e. The molecule has 2 N–H and O–H groups in total. The van der Waals surface area contributed by atoms with Gasteiger partial charge in [-0.1, -0.05) is 6.07 Å².